The summed E-state index contributed by atoms with van der Waals surface area (Å²) in [6, 6.07) is 0. The van der Waals surface area contributed by atoms with E-state index in [9.17, 15) is 10.2 Å². The first kappa shape index (κ1) is 66.4. The van der Waals surface area contributed by atoms with Crippen molar-refractivity contribution in [3.63, 3.8) is 0 Å². The maximum atomic E-state index is 11.8. The van der Waals surface area contributed by atoms with Crippen LogP contribution < -0.4 is 10.2 Å². The van der Waals surface area contributed by atoms with Gasteiger partial charge in [-0.15, -0.1) is 47.4 Å². The van der Waals surface area contributed by atoms with Crippen molar-refractivity contribution >= 4 is 55.0 Å². The van der Waals surface area contributed by atoms with Gasteiger partial charge in [0.25, 0.3) is 0 Å². The van der Waals surface area contributed by atoms with Crippen LogP contribution in [0.4, 0.5) is 0 Å². The smallest absolute Gasteiger partial charge is 0.884 e. The zero-order chi connectivity index (χ0) is 44.3. The van der Waals surface area contributed by atoms with Crippen molar-refractivity contribution in [1.29, 1.82) is 0 Å². The molecule has 0 unspecified atom stereocenters. The van der Waals surface area contributed by atoms with Crippen LogP contribution in [0.5, 0.6) is 0 Å². The van der Waals surface area contributed by atoms with Crippen LogP contribution in [0.2, 0.25) is 0 Å². The minimum atomic E-state index is -0.128. The largest absolute Gasteiger partial charge is 4.00 e. The van der Waals surface area contributed by atoms with Gasteiger partial charge in [0, 0.05) is 0 Å². The van der Waals surface area contributed by atoms with Crippen LogP contribution in [0.3, 0.4) is 0 Å². The summed E-state index contributed by atoms with van der Waals surface area (Å²) in [4.78, 5) is 0. The second-order valence-corrected chi connectivity index (χ2v) is 24.0. The SMILES string of the molecule is CCCCCCCCCCCCC[S-](CCCCCCCCCCCCC)C([O-])=S.CCCCCCCCCCCCC[S-](CCCCCCCCCCCCC)C([O-])=S.[Mo+4]. The van der Waals surface area contributed by atoms with Crippen LogP contribution in [0.25, 0.3) is 0 Å². The predicted octanol–water partition coefficient (Wildman–Crippen LogP) is 17.7. The Morgan fingerprint density at radius 2 is 0.361 bits per heavy atom. The van der Waals surface area contributed by atoms with E-state index < -0.39 is 0 Å². The Labute approximate surface area is 416 Å². The van der Waals surface area contributed by atoms with Crippen molar-refractivity contribution in [1.82, 2.24) is 0 Å². The number of thiocarbonyl (C=S) groups is 2. The van der Waals surface area contributed by atoms with Gasteiger partial charge in [-0.2, -0.15) is 8.77 Å². The summed E-state index contributed by atoms with van der Waals surface area (Å²) >= 11 is 10.1. The quantitative estimate of drug-likeness (QED) is 0.0264. The third kappa shape index (κ3) is 57.2. The first-order valence-electron chi connectivity index (χ1n) is 27.2. The predicted molar refractivity (Wildman–Crippen MR) is 285 cm³/mol. The molecule has 0 radical (unpaired) electrons. The van der Waals surface area contributed by atoms with Crippen molar-refractivity contribution in [2.75, 3.05) is 23.0 Å². The Balaban J connectivity index is -0.00000109. The molecule has 0 amide bonds. The van der Waals surface area contributed by atoms with E-state index in [1.165, 1.54) is 283 Å². The molecule has 61 heavy (non-hydrogen) atoms. The van der Waals surface area contributed by atoms with E-state index in [4.69, 9.17) is 24.4 Å². The van der Waals surface area contributed by atoms with E-state index in [-0.39, 0.29) is 51.6 Å². The summed E-state index contributed by atoms with van der Waals surface area (Å²) < 4.78 is 0.100. The molecule has 7 heteroatoms. The third-order valence-corrected chi connectivity index (χ3v) is 17.9. The Hall–Kier alpha value is 1.17. The normalized spacial score (nSPS) is 11.5. The summed E-state index contributed by atoms with van der Waals surface area (Å²) in [5.74, 6) is 4.27. The van der Waals surface area contributed by atoms with Crippen LogP contribution in [0.15, 0.2) is 0 Å². The van der Waals surface area contributed by atoms with Crippen molar-refractivity contribution in [2.24, 2.45) is 0 Å². The summed E-state index contributed by atoms with van der Waals surface area (Å²) in [5, 5.41) is 23.6. The molecule has 0 atom stereocenters. The fraction of sp³-hybridized carbons (Fsp3) is 0.963. The van der Waals surface area contributed by atoms with Crippen LogP contribution >= 0.6 is 24.4 Å². The molecule has 366 valence electrons. The number of hydrogen-bond acceptors (Lipinski definition) is 6. The molecule has 0 aromatic carbocycles. The Morgan fingerprint density at radius 3 is 0.475 bits per heavy atom. The zero-order valence-electron chi connectivity index (χ0n) is 41.8. The average molecular weight is 1010 g/mol. The second-order valence-electron chi connectivity index (χ2n) is 18.4. The molecule has 0 N–H and O–H groups in total. The third-order valence-electron chi connectivity index (χ3n) is 12.4. The first-order valence-corrected chi connectivity index (χ1v) is 31.2. The van der Waals surface area contributed by atoms with Crippen LogP contribution in [0, 0.1) is 0 Å². The number of hydrogen-bond donors (Lipinski definition) is 0. The Kier molecular flexibility index (Phi) is 64.5. The average Bonchev–Trinajstić information content (AvgIpc) is 3.24. The molecular weight excluding hydrogens is 905 g/mol. The van der Waals surface area contributed by atoms with E-state index in [1.807, 2.05) is 0 Å². The Bertz CT molecular complexity index is 713. The summed E-state index contributed by atoms with van der Waals surface area (Å²) in [7, 11) is -0.255. The monoisotopic (exact) mass is 1010 g/mol. The molecule has 0 rings (SSSR count). The Morgan fingerprint density at radius 1 is 0.246 bits per heavy atom. The number of unbranched alkanes of at least 4 members (excludes halogenated alkanes) is 40. The van der Waals surface area contributed by atoms with Crippen molar-refractivity contribution in [2.45, 2.75) is 310 Å². The van der Waals surface area contributed by atoms with E-state index in [0.717, 1.165) is 23.0 Å². The van der Waals surface area contributed by atoms with Gasteiger partial charge in [0.2, 0.25) is 0 Å². The van der Waals surface area contributed by atoms with Gasteiger partial charge in [0.1, 0.15) is 0 Å². The standard InChI is InChI=1S/2C27H55OS2.Mo/c2*1-3-5-7-9-11-13-15-17-19-21-23-25-30(27(28)29)26-24-22-20-18-16-14-12-10-8-6-4-2;/h2*3-26H2,1-2H3,(H,28,29);/q2*-1;+4/p-2. The maximum absolute atomic E-state index is 11.8. The van der Waals surface area contributed by atoms with Crippen LogP contribution in [-0.2, 0) is 42.9 Å². The molecule has 0 heterocycles. The van der Waals surface area contributed by atoms with Gasteiger partial charge >= 0.3 is 21.1 Å². The van der Waals surface area contributed by atoms with Gasteiger partial charge in [-0.05, 0) is 0 Å². The van der Waals surface area contributed by atoms with E-state index in [2.05, 4.69) is 27.7 Å². The van der Waals surface area contributed by atoms with Crippen LogP contribution in [-0.4, -0.2) is 31.8 Å². The first-order chi connectivity index (χ1) is 29.4. The van der Waals surface area contributed by atoms with Gasteiger partial charge < -0.3 is 32.0 Å². The maximum Gasteiger partial charge on any atom is 4.00 e. The van der Waals surface area contributed by atoms with Crippen molar-refractivity contribution < 1.29 is 31.3 Å². The van der Waals surface area contributed by atoms with Crippen molar-refractivity contribution in [3.05, 3.63) is 0 Å². The molecule has 0 fully saturated rings. The molecule has 2 nitrogen and oxygen atoms in total. The fourth-order valence-corrected chi connectivity index (χ4v) is 12.6. The fourth-order valence-electron chi connectivity index (χ4n) is 8.30. The minimum Gasteiger partial charge on any atom is -0.884 e. The second kappa shape index (κ2) is 59.2. The molecule has 0 saturated heterocycles. The van der Waals surface area contributed by atoms with Gasteiger partial charge in [-0.1, -0.05) is 310 Å². The minimum absolute atomic E-state index is 0. The topological polar surface area (TPSA) is 46.1 Å². The number of rotatable bonds is 48. The molecule has 0 bridgehead atoms. The summed E-state index contributed by atoms with van der Waals surface area (Å²) in [6.45, 7) is 9.12. The molecular formula is C54H108MoO2S4. The molecule has 0 aliphatic heterocycles. The zero-order valence-corrected chi connectivity index (χ0v) is 47.1. The van der Waals surface area contributed by atoms with Gasteiger partial charge in [-0.25, -0.2) is 0 Å². The van der Waals surface area contributed by atoms with Crippen molar-refractivity contribution in [3.8, 4) is 0 Å². The molecule has 0 aromatic heterocycles. The molecule has 0 spiro atoms. The van der Waals surface area contributed by atoms with Gasteiger partial charge in [0.15, 0.2) is 0 Å². The van der Waals surface area contributed by atoms with Gasteiger partial charge in [-0.3, -0.25) is 0 Å². The summed E-state index contributed by atoms with van der Waals surface area (Å²) in [6.07, 6.45) is 60.2. The molecule has 0 saturated carbocycles. The van der Waals surface area contributed by atoms with E-state index in [0.29, 0.717) is 0 Å². The van der Waals surface area contributed by atoms with E-state index >= 15 is 0 Å². The molecule has 0 aliphatic carbocycles. The van der Waals surface area contributed by atoms with E-state index in [1.54, 1.807) is 0 Å². The van der Waals surface area contributed by atoms with Crippen LogP contribution in [0.1, 0.15) is 310 Å². The van der Waals surface area contributed by atoms with Gasteiger partial charge in [0.05, 0.1) is 0 Å². The molecule has 0 aliphatic rings. The molecule has 0 aromatic rings. The summed E-state index contributed by atoms with van der Waals surface area (Å²) in [5.41, 5.74) is 0.